The van der Waals surface area contributed by atoms with Crippen LogP contribution in [-0.2, 0) is 6.54 Å². The van der Waals surface area contributed by atoms with Crippen LogP contribution in [0.25, 0.3) is 0 Å². The first-order valence-corrected chi connectivity index (χ1v) is 6.82. The minimum Gasteiger partial charge on any atom is -0.374 e. The Morgan fingerprint density at radius 1 is 1.17 bits per heavy atom. The first-order valence-electron chi connectivity index (χ1n) is 6.82. The van der Waals surface area contributed by atoms with Gasteiger partial charge in [0, 0.05) is 31.9 Å². The number of benzene rings is 1. The minimum atomic E-state index is 0.313. The standard InChI is InChI=1S/C16H28N2/c1-13(2)17-11-14-9-7-8-10-15(14)18(6)12-16(3,4)5/h7-10,13,17H,11-12H2,1-6H3. The fraction of sp³-hybridized carbons (Fsp3) is 0.625. The van der Waals surface area contributed by atoms with Gasteiger partial charge in [-0.05, 0) is 17.0 Å². The van der Waals surface area contributed by atoms with Crippen LogP contribution < -0.4 is 10.2 Å². The van der Waals surface area contributed by atoms with E-state index in [1.165, 1.54) is 11.3 Å². The van der Waals surface area contributed by atoms with Crippen LogP contribution in [0.4, 0.5) is 5.69 Å². The van der Waals surface area contributed by atoms with Crippen molar-refractivity contribution in [3.63, 3.8) is 0 Å². The molecule has 0 aliphatic heterocycles. The lowest BCUT2D eigenvalue weighted by Crippen LogP contribution is -2.30. The van der Waals surface area contributed by atoms with E-state index in [0.29, 0.717) is 11.5 Å². The predicted molar refractivity (Wildman–Crippen MR) is 81.1 cm³/mol. The van der Waals surface area contributed by atoms with Gasteiger partial charge in [-0.3, -0.25) is 0 Å². The van der Waals surface area contributed by atoms with Gasteiger partial charge in [0.05, 0.1) is 0 Å². The zero-order chi connectivity index (χ0) is 13.8. The van der Waals surface area contributed by atoms with Gasteiger partial charge in [-0.1, -0.05) is 52.8 Å². The Labute approximate surface area is 112 Å². The highest BCUT2D eigenvalue weighted by molar-refractivity contribution is 5.53. The molecule has 1 aromatic carbocycles. The monoisotopic (exact) mass is 248 g/mol. The van der Waals surface area contributed by atoms with E-state index in [4.69, 9.17) is 0 Å². The summed E-state index contributed by atoms with van der Waals surface area (Å²) in [6.45, 7) is 13.2. The molecule has 0 aliphatic carbocycles. The molecule has 18 heavy (non-hydrogen) atoms. The van der Waals surface area contributed by atoms with Crippen LogP contribution in [0.15, 0.2) is 24.3 Å². The molecule has 0 unspecified atom stereocenters. The van der Waals surface area contributed by atoms with Crippen molar-refractivity contribution in [3.05, 3.63) is 29.8 Å². The molecule has 0 spiro atoms. The molecule has 1 aromatic rings. The topological polar surface area (TPSA) is 15.3 Å². The van der Waals surface area contributed by atoms with Crippen LogP contribution in [0.5, 0.6) is 0 Å². The summed E-state index contributed by atoms with van der Waals surface area (Å²) in [6.07, 6.45) is 0. The normalized spacial score (nSPS) is 11.9. The van der Waals surface area contributed by atoms with E-state index in [0.717, 1.165) is 13.1 Å². The Balaban J connectivity index is 2.80. The van der Waals surface area contributed by atoms with Gasteiger partial charge in [-0.25, -0.2) is 0 Å². The van der Waals surface area contributed by atoms with Crippen molar-refractivity contribution in [2.24, 2.45) is 5.41 Å². The molecule has 1 N–H and O–H groups in total. The first-order chi connectivity index (χ1) is 8.29. The third-order valence-corrected chi connectivity index (χ3v) is 2.82. The molecule has 0 amide bonds. The molecule has 0 saturated carbocycles. The lowest BCUT2D eigenvalue weighted by Gasteiger charge is -2.30. The molecule has 102 valence electrons. The number of nitrogens with zero attached hydrogens (tertiary/aromatic N) is 1. The lowest BCUT2D eigenvalue weighted by atomic mass is 9.95. The second kappa shape index (κ2) is 6.24. The maximum absolute atomic E-state index is 3.49. The van der Waals surface area contributed by atoms with Crippen molar-refractivity contribution in [2.45, 2.75) is 47.2 Å². The highest BCUT2D eigenvalue weighted by atomic mass is 15.1. The third-order valence-electron chi connectivity index (χ3n) is 2.82. The third kappa shape index (κ3) is 5.09. The zero-order valence-electron chi connectivity index (χ0n) is 12.7. The van der Waals surface area contributed by atoms with Gasteiger partial charge < -0.3 is 10.2 Å². The van der Waals surface area contributed by atoms with Crippen molar-refractivity contribution in [1.29, 1.82) is 0 Å². The maximum atomic E-state index is 3.49. The summed E-state index contributed by atoms with van der Waals surface area (Å²) in [4.78, 5) is 2.36. The van der Waals surface area contributed by atoms with E-state index >= 15 is 0 Å². The Morgan fingerprint density at radius 2 is 1.78 bits per heavy atom. The lowest BCUT2D eigenvalue weighted by molar-refractivity contribution is 0.418. The average Bonchev–Trinajstić information content (AvgIpc) is 2.24. The number of nitrogens with one attached hydrogen (secondary N) is 1. The Bertz CT molecular complexity index is 364. The summed E-state index contributed by atoms with van der Waals surface area (Å²) in [7, 11) is 2.18. The number of hydrogen-bond donors (Lipinski definition) is 1. The number of hydrogen-bond acceptors (Lipinski definition) is 2. The summed E-state index contributed by atoms with van der Waals surface area (Å²) in [5.74, 6) is 0. The van der Waals surface area contributed by atoms with Crippen LogP contribution in [-0.4, -0.2) is 19.6 Å². The van der Waals surface area contributed by atoms with Crippen molar-refractivity contribution >= 4 is 5.69 Å². The second-order valence-electron chi connectivity index (χ2n) is 6.58. The van der Waals surface area contributed by atoms with Crippen molar-refractivity contribution in [3.8, 4) is 0 Å². The van der Waals surface area contributed by atoms with E-state index in [2.05, 4.69) is 76.1 Å². The van der Waals surface area contributed by atoms with Crippen LogP contribution in [0.3, 0.4) is 0 Å². The molecule has 1 rings (SSSR count). The fourth-order valence-electron chi connectivity index (χ4n) is 2.14. The van der Waals surface area contributed by atoms with Crippen LogP contribution in [0, 0.1) is 5.41 Å². The smallest absolute Gasteiger partial charge is 0.0409 e. The average molecular weight is 248 g/mol. The first kappa shape index (κ1) is 15.0. The van der Waals surface area contributed by atoms with Gasteiger partial charge in [0.2, 0.25) is 0 Å². The van der Waals surface area contributed by atoms with Gasteiger partial charge in [-0.15, -0.1) is 0 Å². The molecular weight excluding hydrogens is 220 g/mol. The summed E-state index contributed by atoms with van der Waals surface area (Å²) >= 11 is 0. The Kier molecular flexibility index (Phi) is 5.21. The van der Waals surface area contributed by atoms with E-state index in [9.17, 15) is 0 Å². The predicted octanol–water partition coefficient (Wildman–Crippen LogP) is 3.67. The molecule has 2 nitrogen and oxygen atoms in total. The second-order valence-corrected chi connectivity index (χ2v) is 6.58. The van der Waals surface area contributed by atoms with E-state index in [1.54, 1.807) is 0 Å². The summed E-state index contributed by atoms with van der Waals surface area (Å²) in [5, 5.41) is 3.49. The molecule has 0 fully saturated rings. The van der Waals surface area contributed by atoms with Gasteiger partial charge in [0.15, 0.2) is 0 Å². The van der Waals surface area contributed by atoms with Crippen molar-refractivity contribution in [1.82, 2.24) is 5.32 Å². The largest absolute Gasteiger partial charge is 0.374 e. The van der Waals surface area contributed by atoms with Crippen molar-refractivity contribution in [2.75, 3.05) is 18.5 Å². The van der Waals surface area contributed by atoms with Crippen LogP contribution in [0.2, 0.25) is 0 Å². The van der Waals surface area contributed by atoms with Crippen LogP contribution >= 0.6 is 0 Å². The highest BCUT2D eigenvalue weighted by Crippen LogP contribution is 2.23. The Morgan fingerprint density at radius 3 is 2.33 bits per heavy atom. The number of anilines is 1. The van der Waals surface area contributed by atoms with E-state index in [-0.39, 0.29) is 0 Å². The summed E-state index contributed by atoms with van der Waals surface area (Å²) in [5.41, 5.74) is 3.02. The fourth-order valence-corrected chi connectivity index (χ4v) is 2.14. The number of para-hydroxylation sites is 1. The molecule has 0 aromatic heterocycles. The van der Waals surface area contributed by atoms with Crippen molar-refractivity contribution < 1.29 is 0 Å². The van der Waals surface area contributed by atoms with Gasteiger partial charge >= 0.3 is 0 Å². The maximum Gasteiger partial charge on any atom is 0.0409 e. The highest BCUT2D eigenvalue weighted by Gasteiger charge is 2.15. The Hall–Kier alpha value is -1.02. The zero-order valence-corrected chi connectivity index (χ0v) is 12.7. The van der Waals surface area contributed by atoms with Gasteiger partial charge in [0.25, 0.3) is 0 Å². The van der Waals surface area contributed by atoms with Gasteiger partial charge in [0.1, 0.15) is 0 Å². The molecule has 0 atom stereocenters. The van der Waals surface area contributed by atoms with E-state index in [1.807, 2.05) is 0 Å². The molecule has 0 saturated heterocycles. The van der Waals surface area contributed by atoms with E-state index < -0.39 is 0 Å². The number of rotatable bonds is 5. The molecule has 0 heterocycles. The molecular formula is C16H28N2. The SMILES string of the molecule is CC(C)NCc1ccccc1N(C)CC(C)(C)C. The molecule has 2 heteroatoms. The van der Waals surface area contributed by atoms with Crippen LogP contribution in [0.1, 0.15) is 40.2 Å². The quantitative estimate of drug-likeness (QED) is 0.855. The molecule has 0 aliphatic rings. The summed E-state index contributed by atoms with van der Waals surface area (Å²) < 4.78 is 0. The summed E-state index contributed by atoms with van der Waals surface area (Å²) in [6, 6.07) is 9.18. The minimum absolute atomic E-state index is 0.313. The van der Waals surface area contributed by atoms with Gasteiger partial charge in [-0.2, -0.15) is 0 Å². The molecule has 0 bridgehead atoms. The molecule has 0 radical (unpaired) electrons.